The van der Waals surface area contributed by atoms with Crippen molar-refractivity contribution >= 4 is 11.4 Å². The summed E-state index contributed by atoms with van der Waals surface area (Å²) in [5.41, 5.74) is 5.07. The molecule has 1 aromatic rings. The maximum Gasteiger partial charge on any atom is 0.151 e. The number of nitrogen functional groups attached to an aromatic ring is 1. The van der Waals surface area contributed by atoms with E-state index in [1.54, 1.807) is 0 Å². The second-order valence-electron chi connectivity index (χ2n) is 3.67. The first-order valence-corrected chi connectivity index (χ1v) is 5.19. The molecule has 0 radical (unpaired) electrons. The minimum atomic E-state index is -0.762. The van der Waals surface area contributed by atoms with Crippen LogP contribution in [0.4, 0.5) is 20.2 Å². The van der Waals surface area contributed by atoms with Gasteiger partial charge in [0.2, 0.25) is 0 Å². The molecular formula is C11H16F2N2O2. The van der Waals surface area contributed by atoms with Gasteiger partial charge in [-0.1, -0.05) is 0 Å². The summed E-state index contributed by atoms with van der Waals surface area (Å²) in [6, 6.07) is 1.71. The van der Waals surface area contributed by atoms with Crippen molar-refractivity contribution in [3.05, 3.63) is 23.8 Å². The molecule has 0 aliphatic rings. The summed E-state index contributed by atoms with van der Waals surface area (Å²) in [6.45, 7) is 0.142. The number of aliphatic hydroxyl groups is 1. The summed E-state index contributed by atoms with van der Waals surface area (Å²) in [5, 5.41) is 11.5. The molecule has 1 unspecified atom stereocenters. The predicted octanol–water partition coefficient (Wildman–Crippen LogP) is 1.36. The van der Waals surface area contributed by atoms with Crippen LogP contribution in [-0.2, 0) is 4.74 Å². The van der Waals surface area contributed by atoms with Crippen LogP contribution in [0.25, 0.3) is 0 Å². The van der Waals surface area contributed by atoms with Crippen molar-refractivity contribution in [3.8, 4) is 0 Å². The lowest BCUT2D eigenvalue weighted by Gasteiger charge is -2.19. The summed E-state index contributed by atoms with van der Waals surface area (Å²) < 4.78 is 31.8. The van der Waals surface area contributed by atoms with Crippen LogP contribution in [0.2, 0.25) is 0 Å². The number of hydrogen-bond donors (Lipinski definition) is 3. The van der Waals surface area contributed by atoms with Gasteiger partial charge in [-0.25, -0.2) is 8.78 Å². The molecule has 0 bridgehead atoms. The average molecular weight is 246 g/mol. The molecule has 0 saturated carbocycles. The minimum absolute atomic E-state index is 0.0241. The number of aliphatic hydroxyl groups excluding tert-OH is 1. The van der Waals surface area contributed by atoms with Gasteiger partial charge in [0.25, 0.3) is 0 Å². The van der Waals surface area contributed by atoms with Crippen molar-refractivity contribution < 1.29 is 18.6 Å². The Kier molecular flexibility index (Phi) is 5.11. The van der Waals surface area contributed by atoms with Crippen LogP contribution in [-0.4, -0.2) is 31.5 Å². The molecule has 1 aromatic carbocycles. The van der Waals surface area contributed by atoms with E-state index in [0.717, 1.165) is 12.1 Å². The first-order valence-electron chi connectivity index (χ1n) is 5.19. The monoisotopic (exact) mass is 246 g/mol. The lowest BCUT2D eigenvalue weighted by Crippen LogP contribution is -2.27. The van der Waals surface area contributed by atoms with Crippen molar-refractivity contribution in [1.82, 2.24) is 0 Å². The van der Waals surface area contributed by atoms with Crippen molar-refractivity contribution in [3.63, 3.8) is 0 Å². The Balaban J connectivity index is 2.84. The van der Waals surface area contributed by atoms with Gasteiger partial charge in [0.05, 0.1) is 12.6 Å². The highest BCUT2D eigenvalue weighted by molar-refractivity contribution is 5.54. The molecule has 0 amide bonds. The van der Waals surface area contributed by atoms with Gasteiger partial charge in [0, 0.05) is 19.4 Å². The van der Waals surface area contributed by atoms with Crippen LogP contribution in [0.5, 0.6) is 0 Å². The summed E-state index contributed by atoms with van der Waals surface area (Å²) in [4.78, 5) is 0. The maximum absolute atomic E-state index is 13.5. The zero-order valence-corrected chi connectivity index (χ0v) is 9.54. The Morgan fingerprint density at radius 3 is 2.47 bits per heavy atom. The molecule has 0 heterocycles. The quantitative estimate of drug-likeness (QED) is 0.663. The number of anilines is 2. The molecule has 4 nitrogen and oxygen atoms in total. The fraction of sp³-hybridized carbons (Fsp3) is 0.455. The molecule has 6 heteroatoms. The lowest BCUT2D eigenvalue weighted by molar-refractivity contribution is 0.170. The van der Waals surface area contributed by atoms with Crippen LogP contribution in [0, 0.1) is 11.6 Å². The Morgan fingerprint density at radius 2 is 2.00 bits per heavy atom. The molecule has 4 N–H and O–H groups in total. The number of ether oxygens (including phenoxy) is 1. The molecule has 0 spiro atoms. The highest BCUT2D eigenvalue weighted by Gasteiger charge is 2.15. The van der Waals surface area contributed by atoms with Gasteiger partial charge < -0.3 is 20.9 Å². The zero-order chi connectivity index (χ0) is 12.8. The van der Waals surface area contributed by atoms with E-state index in [9.17, 15) is 8.78 Å². The first kappa shape index (κ1) is 13.7. The SMILES string of the molecule is COCC(CCO)Nc1c(F)cc(N)cc1F. The summed E-state index contributed by atoms with van der Waals surface area (Å²) >= 11 is 0. The molecule has 0 saturated heterocycles. The molecule has 0 aromatic heterocycles. The fourth-order valence-electron chi connectivity index (χ4n) is 1.49. The van der Waals surface area contributed by atoms with E-state index in [1.807, 2.05) is 0 Å². The normalized spacial score (nSPS) is 12.5. The highest BCUT2D eigenvalue weighted by atomic mass is 19.1. The van der Waals surface area contributed by atoms with Crippen molar-refractivity contribution in [2.24, 2.45) is 0 Å². The molecular weight excluding hydrogens is 230 g/mol. The van der Waals surface area contributed by atoms with E-state index in [0.29, 0.717) is 6.42 Å². The third-order valence-corrected chi connectivity index (χ3v) is 2.26. The Morgan fingerprint density at radius 1 is 1.41 bits per heavy atom. The second kappa shape index (κ2) is 6.36. The van der Waals surface area contributed by atoms with Crippen molar-refractivity contribution in [2.75, 3.05) is 31.4 Å². The molecule has 0 fully saturated rings. The first-order chi connectivity index (χ1) is 8.08. The number of hydrogen-bond acceptors (Lipinski definition) is 4. The number of nitrogens with two attached hydrogens (primary N) is 1. The zero-order valence-electron chi connectivity index (χ0n) is 9.54. The van der Waals surface area contributed by atoms with E-state index >= 15 is 0 Å². The average Bonchev–Trinajstić information content (AvgIpc) is 2.23. The fourth-order valence-corrected chi connectivity index (χ4v) is 1.49. The third kappa shape index (κ3) is 3.83. The van der Waals surface area contributed by atoms with Crippen LogP contribution >= 0.6 is 0 Å². The predicted molar refractivity (Wildman–Crippen MR) is 61.8 cm³/mol. The van der Waals surface area contributed by atoms with Gasteiger partial charge in [-0.3, -0.25) is 0 Å². The topological polar surface area (TPSA) is 67.5 Å². The summed E-state index contributed by atoms with van der Waals surface area (Å²) in [5.74, 6) is -1.52. The van der Waals surface area contributed by atoms with Gasteiger partial charge in [-0.05, 0) is 18.6 Å². The van der Waals surface area contributed by atoms with Gasteiger partial charge >= 0.3 is 0 Å². The van der Waals surface area contributed by atoms with E-state index < -0.39 is 11.6 Å². The minimum Gasteiger partial charge on any atom is -0.399 e. The largest absolute Gasteiger partial charge is 0.399 e. The van der Waals surface area contributed by atoms with Crippen molar-refractivity contribution in [1.29, 1.82) is 0 Å². The van der Waals surface area contributed by atoms with Gasteiger partial charge in [0.1, 0.15) is 5.69 Å². The van der Waals surface area contributed by atoms with E-state index in [1.165, 1.54) is 7.11 Å². The van der Waals surface area contributed by atoms with E-state index in [-0.39, 0.29) is 30.6 Å². The number of halogens is 2. The van der Waals surface area contributed by atoms with E-state index in [4.69, 9.17) is 15.6 Å². The highest BCUT2D eigenvalue weighted by Crippen LogP contribution is 2.23. The van der Waals surface area contributed by atoms with Gasteiger partial charge in [-0.2, -0.15) is 0 Å². The summed E-state index contributed by atoms with van der Waals surface area (Å²) in [6.07, 6.45) is 0.330. The maximum atomic E-state index is 13.5. The Labute approximate surface area is 98.4 Å². The van der Waals surface area contributed by atoms with Crippen LogP contribution < -0.4 is 11.1 Å². The number of methoxy groups -OCH3 is 1. The third-order valence-electron chi connectivity index (χ3n) is 2.26. The van der Waals surface area contributed by atoms with Crippen LogP contribution in [0.15, 0.2) is 12.1 Å². The smallest absolute Gasteiger partial charge is 0.151 e. The molecule has 96 valence electrons. The molecule has 0 aliphatic carbocycles. The van der Waals surface area contributed by atoms with Gasteiger partial charge in [0.15, 0.2) is 11.6 Å². The number of benzene rings is 1. The van der Waals surface area contributed by atoms with Gasteiger partial charge in [-0.15, -0.1) is 0 Å². The van der Waals surface area contributed by atoms with E-state index in [2.05, 4.69) is 5.32 Å². The Hall–Kier alpha value is -1.40. The standard InChI is InChI=1S/C11H16F2N2O2/c1-17-6-8(2-3-16)15-11-9(12)4-7(14)5-10(11)13/h4-5,8,15-16H,2-3,6,14H2,1H3. The molecule has 0 aliphatic heterocycles. The lowest BCUT2D eigenvalue weighted by atomic mass is 10.2. The molecule has 1 rings (SSSR count). The van der Waals surface area contributed by atoms with Crippen molar-refractivity contribution in [2.45, 2.75) is 12.5 Å². The Bertz CT molecular complexity index is 345. The number of rotatable bonds is 6. The molecule has 17 heavy (non-hydrogen) atoms. The summed E-state index contributed by atoms with van der Waals surface area (Å²) in [7, 11) is 1.47. The molecule has 1 atom stereocenters. The van der Waals surface area contributed by atoms with Crippen LogP contribution in [0.3, 0.4) is 0 Å². The van der Waals surface area contributed by atoms with Crippen LogP contribution in [0.1, 0.15) is 6.42 Å². The number of nitrogens with one attached hydrogen (secondary N) is 1. The second-order valence-corrected chi connectivity index (χ2v) is 3.67.